The van der Waals surface area contributed by atoms with Crippen molar-refractivity contribution in [2.75, 3.05) is 12.0 Å². The van der Waals surface area contributed by atoms with Crippen molar-refractivity contribution < 1.29 is 24.3 Å². The molecule has 0 saturated carbocycles. The number of carboxylic acids is 1. The Balaban J connectivity index is 4.54. The molecule has 0 aliphatic rings. The highest BCUT2D eigenvalue weighted by molar-refractivity contribution is 7.98. The molecule has 0 fully saturated rings. The lowest BCUT2D eigenvalue weighted by atomic mass is 10.2. The van der Waals surface area contributed by atoms with Crippen LogP contribution in [0.1, 0.15) is 27.2 Å². The second-order valence-corrected chi connectivity index (χ2v) is 6.42. The van der Waals surface area contributed by atoms with Gasteiger partial charge in [-0.15, -0.1) is 0 Å². The van der Waals surface area contributed by atoms with Crippen LogP contribution in [0.4, 0.5) is 0 Å². The highest BCUT2D eigenvalue weighted by Gasteiger charge is 2.25. The molecule has 0 spiro atoms. The molecule has 0 saturated heterocycles. The second-order valence-electron chi connectivity index (χ2n) is 5.43. The van der Waals surface area contributed by atoms with Gasteiger partial charge in [0.05, 0.1) is 6.04 Å². The Morgan fingerprint density at radius 1 is 0.958 bits per heavy atom. The molecule has 9 nitrogen and oxygen atoms in total. The number of nitrogens with two attached hydrogens (primary N) is 1. The lowest BCUT2D eigenvalue weighted by Crippen LogP contribution is -2.55. The van der Waals surface area contributed by atoms with E-state index < -0.39 is 47.9 Å². The Morgan fingerprint density at radius 2 is 1.42 bits per heavy atom. The van der Waals surface area contributed by atoms with Gasteiger partial charge in [0.2, 0.25) is 17.7 Å². The zero-order chi connectivity index (χ0) is 18.9. The molecule has 0 bridgehead atoms. The first-order chi connectivity index (χ1) is 11.1. The number of hydrogen-bond acceptors (Lipinski definition) is 6. The van der Waals surface area contributed by atoms with Crippen LogP contribution < -0.4 is 21.7 Å². The Kier molecular flexibility index (Phi) is 10.0. The van der Waals surface area contributed by atoms with Crippen molar-refractivity contribution in [1.82, 2.24) is 16.0 Å². The molecular weight excluding hydrogens is 336 g/mol. The third kappa shape index (κ3) is 8.16. The number of nitrogens with one attached hydrogen (secondary N) is 3. The van der Waals surface area contributed by atoms with E-state index in [4.69, 9.17) is 10.8 Å². The molecule has 0 heterocycles. The number of thioether (sulfide) groups is 1. The summed E-state index contributed by atoms with van der Waals surface area (Å²) in [5.74, 6) is -2.21. The van der Waals surface area contributed by atoms with Crippen LogP contribution in [-0.4, -0.2) is 65.0 Å². The predicted octanol–water partition coefficient (Wildman–Crippen LogP) is -1.33. The molecular formula is C14H26N4O5S. The minimum Gasteiger partial charge on any atom is -0.480 e. The van der Waals surface area contributed by atoms with Crippen molar-refractivity contribution in [1.29, 1.82) is 0 Å². The van der Waals surface area contributed by atoms with Gasteiger partial charge < -0.3 is 26.8 Å². The van der Waals surface area contributed by atoms with Crippen LogP contribution in [0, 0.1) is 0 Å². The Hall–Kier alpha value is -1.81. The van der Waals surface area contributed by atoms with Gasteiger partial charge in [0.25, 0.3) is 0 Å². The largest absolute Gasteiger partial charge is 0.480 e. The number of aliphatic carboxylic acids is 1. The first-order valence-corrected chi connectivity index (χ1v) is 8.88. The molecule has 0 aliphatic heterocycles. The Labute approximate surface area is 145 Å². The van der Waals surface area contributed by atoms with E-state index in [1.165, 1.54) is 32.5 Å². The number of carbonyl (C=O) groups excluding carboxylic acids is 3. The summed E-state index contributed by atoms with van der Waals surface area (Å²) in [6.07, 6.45) is 2.12. The number of amides is 3. The quantitative estimate of drug-likeness (QED) is 0.323. The number of carboxylic acid groups (broad SMARTS) is 1. The Morgan fingerprint density at radius 3 is 1.83 bits per heavy atom. The molecule has 0 aliphatic carbocycles. The van der Waals surface area contributed by atoms with Gasteiger partial charge >= 0.3 is 5.97 Å². The van der Waals surface area contributed by atoms with Crippen LogP contribution in [0.5, 0.6) is 0 Å². The van der Waals surface area contributed by atoms with Crippen molar-refractivity contribution in [3.05, 3.63) is 0 Å². The Bertz CT molecular complexity index is 472. The van der Waals surface area contributed by atoms with Crippen LogP contribution in [0.15, 0.2) is 0 Å². The van der Waals surface area contributed by atoms with E-state index in [1.54, 1.807) is 0 Å². The zero-order valence-corrected chi connectivity index (χ0v) is 15.1. The third-order valence-electron chi connectivity index (χ3n) is 3.14. The van der Waals surface area contributed by atoms with Gasteiger partial charge in [-0.3, -0.25) is 14.4 Å². The highest BCUT2D eigenvalue weighted by Crippen LogP contribution is 2.01. The predicted molar refractivity (Wildman–Crippen MR) is 91.4 cm³/mol. The average Bonchev–Trinajstić information content (AvgIpc) is 2.50. The molecule has 0 aromatic rings. The molecule has 10 heteroatoms. The summed E-state index contributed by atoms with van der Waals surface area (Å²) >= 11 is 1.47. The molecule has 6 N–H and O–H groups in total. The standard InChI is InChI=1S/C14H26N4O5S/c1-7(15)11(19)16-8(2)12(20)17-9(3)13(21)18-10(14(22)23)5-6-24-4/h7-10H,5-6,15H2,1-4H3,(H,16,19)(H,17,20)(H,18,21)(H,22,23). The maximum absolute atomic E-state index is 12.0. The van der Waals surface area contributed by atoms with Crippen LogP contribution in [0.25, 0.3) is 0 Å². The van der Waals surface area contributed by atoms with E-state index in [-0.39, 0.29) is 6.42 Å². The van der Waals surface area contributed by atoms with Crippen molar-refractivity contribution in [2.24, 2.45) is 5.73 Å². The molecule has 3 amide bonds. The van der Waals surface area contributed by atoms with E-state index in [2.05, 4.69) is 16.0 Å². The van der Waals surface area contributed by atoms with Crippen LogP contribution in [0.2, 0.25) is 0 Å². The molecule has 24 heavy (non-hydrogen) atoms. The average molecular weight is 362 g/mol. The monoisotopic (exact) mass is 362 g/mol. The first-order valence-electron chi connectivity index (χ1n) is 7.48. The third-order valence-corrected chi connectivity index (χ3v) is 3.79. The van der Waals surface area contributed by atoms with Gasteiger partial charge in [0, 0.05) is 0 Å². The molecule has 4 atom stereocenters. The number of carbonyl (C=O) groups is 4. The number of rotatable bonds is 10. The van der Waals surface area contributed by atoms with Crippen molar-refractivity contribution in [3.8, 4) is 0 Å². The summed E-state index contributed by atoms with van der Waals surface area (Å²) in [6.45, 7) is 4.37. The lowest BCUT2D eigenvalue weighted by Gasteiger charge is -2.21. The molecule has 0 aromatic heterocycles. The summed E-state index contributed by atoms with van der Waals surface area (Å²) in [4.78, 5) is 46.5. The zero-order valence-electron chi connectivity index (χ0n) is 14.3. The first kappa shape index (κ1) is 22.2. The van der Waals surface area contributed by atoms with E-state index >= 15 is 0 Å². The van der Waals surface area contributed by atoms with Crippen molar-refractivity contribution in [2.45, 2.75) is 51.4 Å². The van der Waals surface area contributed by atoms with Gasteiger partial charge in [0.1, 0.15) is 18.1 Å². The summed E-state index contributed by atoms with van der Waals surface area (Å²) in [5.41, 5.74) is 5.39. The maximum atomic E-state index is 12.0. The van der Waals surface area contributed by atoms with Gasteiger partial charge in [-0.25, -0.2) is 4.79 Å². The smallest absolute Gasteiger partial charge is 0.326 e. The summed E-state index contributed by atoms with van der Waals surface area (Å²) in [7, 11) is 0. The summed E-state index contributed by atoms with van der Waals surface area (Å²) < 4.78 is 0. The maximum Gasteiger partial charge on any atom is 0.326 e. The molecule has 0 aromatic carbocycles. The lowest BCUT2D eigenvalue weighted by molar-refractivity contribution is -0.142. The van der Waals surface area contributed by atoms with E-state index in [0.29, 0.717) is 5.75 Å². The summed E-state index contributed by atoms with van der Waals surface area (Å²) in [5, 5.41) is 16.3. The normalized spacial score (nSPS) is 15.5. The fraction of sp³-hybridized carbons (Fsp3) is 0.714. The van der Waals surface area contributed by atoms with Crippen molar-refractivity contribution in [3.63, 3.8) is 0 Å². The number of hydrogen-bond donors (Lipinski definition) is 5. The topological polar surface area (TPSA) is 151 Å². The fourth-order valence-electron chi connectivity index (χ4n) is 1.60. The minimum atomic E-state index is -1.13. The highest BCUT2D eigenvalue weighted by atomic mass is 32.2. The van der Waals surface area contributed by atoms with Gasteiger partial charge in [-0.2, -0.15) is 11.8 Å². The van der Waals surface area contributed by atoms with Crippen LogP contribution >= 0.6 is 11.8 Å². The molecule has 0 rings (SSSR count). The van der Waals surface area contributed by atoms with E-state index in [9.17, 15) is 19.2 Å². The van der Waals surface area contributed by atoms with Gasteiger partial charge in [0.15, 0.2) is 0 Å². The van der Waals surface area contributed by atoms with E-state index in [0.717, 1.165) is 0 Å². The van der Waals surface area contributed by atoms with Crippen molar-refractivity contribution >= 4 is 35.5 Å². The second kappa shape index (κ2) is 10.9. The van der Waals surface area contributed by atoms with Crippen LogP contribution in [-0.2, 0) is 19.2 Å². The molecule has 138 valence electrons. The fourth-order valence-corrected chi connectivity index (χ4v) is 2.08. The van der Waals surface area contributed by atoms with Gasteiger partial charge in [-0.1, -0.05) is 0 Å². The minimum absolute atomic E-state index is 0.282. The molecule has 4 unspecified atom stereocenters. The van der Waals surface area contributed by atoms with Crippen LogP contribution in [0.3, 0.4) is 0 Å². The molecule has 0 radical (unpaired) electrons. The van der Waals surface area contributed by atoms with E-state index in [1.807, 2.05) is 6.26 Å². The summed E-state index contributed by atoms with van der Waals surface area (Å²) in [6, 6.07) is -3.58. The SMILES string of the molecule is CSCCC(NC(=O)C(C)NC(=O)C(C)NC(=O)C(C)N)C(=O)O. The van der Waals surface area contributed by atoms with Gasteiger partial charge in [-0.05, 0) is 39.2 Å².